The molecular formula is C8H15NO6. The second kappa shape index (κ2) is 4.86. The molecule has 1 saturated heterocycles. The van der Waals surface area contributed by atoms with E-state index >= 15 is 0 Å². The number of carbonyl (C=O) groups is 1. The van der Waals surface area contributed by atoms with Gasteiger partial charge >= 0.3 is 5.97 Å². The highest BCUT2D eigenvalue weighted by Gasteiger charge is 2.42. The van der Waals surface area contributed by atoms with Crippen LogP contribution in [-0.2, 0) is 14.3 Å². The second-order valence-electron chi connectivity index (χ2n) is 3.43. The van der Waals surface area contributed by atoms with Gasteiger partial charge in [0, 0.05) is 6.92 Å². The van der Waals surface area contributed by atoms with Gasteiger partial charge in [0.1, 0.15) is 24.9 Å². The molecule has 0 bridgehead atoms. The molecule has 5 atom stereocenters. The Hall–Kier alpha value is -0.730. The van der Waals surface area contributed by atoms with Gasteiger partial charge in [0.05, 0.1) is 6.04 Å². The van der Waals surface area contributed by atoms with Gasteiger partial charge < -0.3 is 30.5 Å². The van der Waals surface area contributed by atoms with Crippen molar-refractivity contribution in [3.8, 4) is 0 Å². The summed E-state index contributed by atoms with van der Waals surface area (Å²) in [7, 11) is 0. The van der Waals surface area contributed by atoms with Crippen molar-refractivity contribution in [1.29, 1.82) is 0 Å². The zero-order valence-electron chi connectivity index (χ0n) is 8.24. The van der Waals surface area contributed by atoms with Crippen molar-refractivity contribution in [2.45, 2.75) is 37.6 Å². The highest BCUT2D eigenvalue weighted by atomic mass is 16.6. The summed E-state index contributed by atoms with van der Waals surface area (Å²) >= 11 is 0. The van der Waals surface area contributed by atoms with Crippen LogP contribution in [0.3, 0.4) is 0 Å². The molecule has 0 aromatic heterocycles. The van der Waals surface area contributed by atoms with Crippen LogP contribution in [0.4, 0.5) is 0 Å². The zero-order chi connectivity index (χ0) is 11.6. The van der Waals surface area contributed by atoms with Crippen LogP contribution in [0.2, 0.25) is 0 Å². The third-order valence-corrected chi connectivity index (χ3v) is 2.22. The Labute approximate surface area is 86.4 Å². The largest absolute Gasteiger partial charge is 0.463 e. The first-order valence-corrected chi connectivity index (χ1v) is 4.52. The van der Waals surface area contributed by atoms with E-state index in [1.54, 1.807) is 0 Å². The molecule has 0 radical (unpaired) electrons. The minimum absolute atomic E-state index is 0.239. The predicted octanol–water partition coefficient (Wildman–Crippen LogP) is -2.68. The van der Waals surface area contributed by atoms with Crippen LogP contribution in [0, 0.1) is 0 Å². The van der Waals surface area contributed by atoms with Crippen molar-refractivity contribution in [1.82, 2.24) is 0 Å². The van der Waals surface area contributed by atoms with E-state index in [4.69, 9.17) is 10.5 Å². The van der Waals surface area contributed by atoms with Gasteiger partial charge in [0.25, 0.3) is 0 Å². The Balaban J connectivity index is 2.54. The van der Waals surface area contributed by atoms with Crippen LogP contribution in [0.25, 0.3) is 0 Å². The summed E-state index contributed by atoms with van der Waals surface area (Å²) in [4.78, 5) is 10.5. The van der Waals surface area contributed by atoms with Gasteiger partial charge in [0.2, 0.25) is 0 Å². The molecule has 0 amide bonds. The molecule has 1 heterocycles. The van der Waals surface area contributed by atoms with Gasteiger partial charge in [-0.25, -0.2) is 0 Å². The minimum Gasteiger partial charge on any atom is -0.463 e. The van der Waals surface area contributed by atoms with Crippen molar-refractivity contribution < 1.29 is 29.6 Å². The molecule has 5 N–H and O–H groups in total. The lowest BCUT2D eigenvalue weighted by molar-refractivity contribution is -0.250. The van der Waals surface area contributed by atoms with Gasteiger partial charge in [-0.1, -0.05) is 0 Å². The van der Waals surface area contributed by atoms with E-state index in [1.165, 1.54) is 6.92 Å². The van der Waals surface area contributed by atoms with E-state index in [0.717, 1.165) is 0 Å². The number of carbonyl (C=O) groups excluding carboxylic acids is 1. The Morgan fingerprint density at radius 2 is 2.00 bits per heavy atom. The SMILES string of the molecule is CC(=O)OC[C@H]1OC(O)[C@H](N)[C@@H](O)[C@@H]1O. The fraction of sp³-hybridized carbons (Fsp3) is 0.875. The van der Waals surface area contributed by atoms with E-state index < -0.39 is 36.6 Å². The monoisotopic (exact) mass is 221 g/mol. The maximum absolute atomic E-state index is 10.5. The first kappa shape index (κ1) is 12.3. The lowest BCUT2D eigenvalue weighted by atomic mass is 9.98. The van der Waals surface area contributed by atoms with Gasteiger partial charge in [-0.05, 0) is 0 Å². The lowest BCUT2D eigenvalue weighted by Gasteiger charge is -2.38. The summed E-state index contributed by atoms with van der Waals surface area (Å²) in [5, 5.41) is 28.1. The molecule has 7 heteroatoms. The molecule has 0 spiro atoms. The second-order valence-corrected chi connectivity index (χ2v) is 3.43. The third-order valence-electron chi connectivity index (χ3n) is 2.22. The maximum atomic E-state index is 10.5. The Morgan fingerprint density at radius 3 is 2.53 bits per heavy atom. The Morgan fingerprint density at radius 1 is 1.40 bits per heavy atom. The molecule has 1 rings (SSSR count). The molecule has 1 unspecified atom stereocenters. The highest BCUT2D eigenvalue weighted by molar-refractivity contribution is 5.65. The average Bonchev–Trinajstić information content (AvgIpc) is 2.18. The number of ether oxygens (including phenoxy) is 2. The standard InChI is InChI=1S/C8H15NO6/c1-3(10)14-2-4-6(11)7(12)5(9)8(13)15-4/h4-8,11-13H,2,9H2,1H3/t4-,5-,6-,7-,8?/m1/s1. The van der Waals surface area contributed by atoms with Crippen LogP contribution >= 0.6 is 0 Å². The van der Waals surface area contributed by atoms with Crippen LogP contribution < -0.4 is 5.73 Å². The first-order chi connectivity index (χ1) is 6.93. The van der Waals surface area contributed by atoms with E-state index in [0.29, 0.717) is 0 Å². The van der Waals surface area contributed by atoms with Crippen LogP contribution in [0.5, 0.6) is 0 Å². The number of nitrogens with two attached hydrogens (primary N) is 1. The normalized spacial score (nSPS) is 41.3. The first-order valence-electron chi connectivity index (χ1n) is 4.52. The molecule has 1 aliphatic rings. The summed E-state index contributed by atoms with van der Waals surface area (Å²) in [6.07, 6.45) is -4.96. The summed E-state index contributed by atoms with van der Waals surface area (Å²) in [6.45, 7) is 0.963. The average molecular weight is 221 g/mol. The summed E-state index contributed by atoms with van der Waals surface area (Å²) in [5.74, 6) is -0.537. The minimum atomic E-state index is -1.39. The highest BCUT2D eigenvalue weighted by Crippen LogP contribution is 2.18. The van der Waals surface area contributed by atoms with Crippen molar-refractivity contribution >= 4 is 5.97 Å². The van der Waals surface area contributed by atoms with Gasteiger partial charge in [-0.15, -0.1) is 0 Å². The lowest BCUT2D eigenvalue weighted by Crippen LogP contribution is -2.62. The summed E-state index contributed by atoms with van der Waals surface area (Å²) < 4.78 is 9.47. The molecule has 15 heavy (non-hydrogen) atoms. The quantitative estimate of drug-likeness (QED) is 0.375. The smallest absolute Gasteiger partial charge is 0.302 e. The predicted molar refractivity (Wildman–Crippen MR) is 47.5 cm³/mol. The number of rotatable bonds is 2. The molecule has 0 aromatic carbocycles. The van der Waals surface area contributed by atoms with E-state index in [1.807, 2.05) is 0 Å². The summed E-state index contributed by atoms with van der Waals surface area (Å²) in [5.41, 5.74) is 5.34. The molecule has 1 fully saturated rings. The van der Waals surface area contributed by atoms with Crippen LogP contribution in [-0.4, -0.2) is 58.5 Å². The van der Waals surface area contributed by atoms with Crippen LogP contribution in [0.15, 0.2) is 0 Å². The number of hydrogen-bond donors (Lipinski definition) is 4. The third kappa shape index (κ3) is 2.86. The number of esters is 1. The number of hydrogen-bond acceptors (Lipinski definition) is 7. The van der Waals surface area contributed by atoms with Gasteiger partial charge in [0.15, 0.2) is 6.29 Å². The molecule has 0 saturated carbocycles. The van der Waals surface area contributed by atoms with Gasteiger partial charge in [-0.2, -0.15) is 0 Å². The van der Waals surface area contributed by atoms with E-state index in [2.05, 4.69) is 4.74 Å². The topological polar surface area (TPSA) is 122 Å². The summed E-state index contributed by atoms with van der Waals surface area (Å²) in [6, 6.07) is -1.08. The molecule has 0 aliphatic carbocycles. The molecular weight excluding hydrogens is 206 g/mol. The number of aliphatic hydroxyl groups is 3. The Bertz CT molecular complexity index is 235. The molecule has 1 aliphatic heterocycles. The van der Waals surface area contributed by atoms with E-state index in [9.17, 15) is 20.1 Å². The van der Waals surface area contributed by atoms with Gasteiger partial charge in [-0.3, -0.25) is 4.79 Å². The number of aliphatic hydroxyl groups excluding tert-OH is 3. The Kier molecular flexibility index (Phi) is 4.00. The fourth-order valence-electron chi connectivity index (χ4n) is 1.30. The van der Waals surface area contributed by atoms with E-state index in [-0.39, 0.29) is 6.61 Å². The van der Waals surface area contributed by atoms with Crippen molar-refractivity contribution in [3.05, 3.63) is 0 Å². The molecule has 0 aromatic rings. The van der Waals surface area contributed by atoms with Crippen molar-refractivity contribution in [2.24, 2.45) is 5.73 Å². The molecule has 7 nitrogen and oxygen atoms in total. The maximum Gasteiger partial charge on any atom is 0.302 e. The zero-order valence-corrected chi connectivity index (χ0v) is 8.24. The molecule has 88 valence electrons. The van der Waals surface area contributed by atoms with Crippen LogP contribution in [0.1, 0.15) is 6.92 Å². The van der Waals surface area contributed by atoms with Crippen molar-refractivity contribution in [2.75, 3.05) is 6.61 Å². The van der Waals surface area contributed by atoms with Crippen molar-refractivity contribution in [3.63, 3.8) is 0 Å². The fourth-order valence-corrected chi connectivity index (χ4v) is 1.30.